The first-order valence-corrected chi connectivity index (χ1v) is 8.43. The van der Waals surface area contributed by atoms with Crippen LogP contribution in [0.1, 0.15) is 15.9 Å². The van der Waals surface area contributed by atoms with Gasteiger partial charge in [-0.2, -0.15) is 0 Å². The van der Waals surface area contributed by atoms with Crippen molar-refractivity contribution in [1.29, 1.82) is 0 Å². The number of hydrogen-bond acceptors (Lipinski definition) is 3. The van der Waals surface area contributed by atoms with E-state index in [-0.39, 0.29) is 5.78 Å². The van der Waals surface area contributed by atoms with Gasteiger partial charge in [-0.1, -0.05) is 60.1 Å². The van der Waals surface area contributed by atoms with Gasteiger partial charge < -0.3 is 10.1 Å². The molecule has 0 aliphatic rings. The summed E-state index contributed by atoms with van der Waals surface area (Å²) in [6.45, 7) is 1.07. The molecule has 0 unspecified atom stereocenters. The number of rotatable bonds is 7. The van der Waals surface area contributed by atoms with E-state index in [2.05, 4.69) is 5.32 Å². The largest absolute Gasteiger partial charge is 0.491 e. The van der Waals surface area contributed by atoms with E-state index < -0.39 is 0 Å². The van der Waals surface area contributed by atoms with Crippen molar-refractivity contribution in [3.8, 4) is 5.75 Å². The number of carbonyl (C=O) groups excluding carboxylic acids is 1. The van der Waals surface area contributed by atoms with E-state index in [0.717, 1.165) is 5.69 Å². The number of nitrogens with one attached hydrogen (secondary N) is 1. The van der Waals surface area contributed by atoms with Crippen LogP contribution in [0.3, 0.4) is 0 Å². The fourth-order valence-electron chi connectivity index (χ4n) is 2.46. The molecule has 0 heterocycles. The second-order valence-corrected chi connectivity index (χ2v) is 5.91. The second kappa shape index (κ2) is 8.36. The fourth-order valence-corrected chi connectivity index (χ4v) is 2.64. The van der Waals surface area contributed by atoms with Crippen molar-refractivity contribution >= 4 is 23.1 Å². The topological polar surface area (TPSA) is 38.3 Å². The van der Waals surface area contributed by atoms with Gasteiger partial charge in [-0.3, -0.25) is 4.79 Å². The summed E-state index contributed by atoms with van der Waals surface area (Å²) in [5.41, 5.74) is 2.11. The van der Waals surface area contributed by atoms with Crippen LogP contribution in [0.2, 0.25) is 5.02 Å². The van der Waals surface area contributed by atoms with Crippen LogP contribution in [0.5, 0.6) is 5.75 Å². The first-order chi connectivity index (χ1) is 12.2. The number of anilines is 1. The Morgan fingerprint density at radius 1 is 0.920 bits per heavy atom. The van der Waals surface area contributed by atoms with E-state index >= 15 is 0 Å². The molecule has 0 bridgehead atoms. The van der Waals surface area contributed by atoms with Gasteiger partial charge in [0, 0.05) is 22.8 Å². The lowest BCUT2D eigenvalue weighted by Crippen LogP contribution is -2.13. The molecular weight excluding hydrogens is 334 g/mol. The molecule has 0 aliphatic heterocycles. The van der Waals surface area contributed by atoms with Gasteiger partial charge in [0.1, 0.15) is 12.4 Å². The standard InChI is InChI=1S/C21H18ClNO2/c22-17-11-12-20(25-14-13-23-18-9-5-2-6-10-18)19(15-17)21(24)16-7-3-1-4-8-16/h1-12,15,23H,13-14H2. The molecule has 3 nitrogen and oxygen atoms in total. The number of benzene rings is 3. The summed E-state index contributed by atoms with van der Waals surface area (Å²) in [5, 5.41) is 3.78. The van der Waals surface area contributed by atoms with Crippen molar-refractivity contribution in [3.05, 3.63) is 95.0 Å². The van der Waals surface area contributed by atoms with E-state index in [1.807, 2.05) is 48.5 Å². The molecule has 0 fully saturated rings. The van der Waals surface area contributed by atoms with E-state index in [1.165, 1.54) is 0 Å². The van der Waals surface area contributed by atoms with Gasteiger partial charge in [-0.05, 0) is 30.3 Å². The van der Waals surface area contributed by atoms with Crippen molar-refractivity contribution in [2.45, 2.75) is 0 Å². The highest BCUT2D eigenvalue weighted by Gasteiger charge is 2.15. The van der Waals surface area contributed by atoms with Crippen molar-refractivity contribution in [2.75, 3.05) is 18.5 Å². The minimum atomic E-state index is -0.103. The number of halogens is 1. The molecule has 3 rings (SSSR count). The smallest absolute Gasteiger partial charge is 0.196 e. The molecule has 0 aliphatic carbocycles. The van der Waals surface area contributed by atoms with Crippen LogP contribution in [0.4, 0.5) is 5.69 Å². The molecule has 1 N–H and O–H groups in total. The van der Waals surface area contributed by atoms with Crippen LogP contribution in [-0.4, -0.2) is 18.9 Å². The number of hydrogen-bond donors (Lipinski definition) is 1. The van der Waals surface area contributed by atoms with Crippen molar-refractivity contribution < 1.29 is 9.53 Å². The minimum Gasteiger partial charge on any atom is -0.491 e. The number of ether oxygens (including phenoxy) is 1. The molecule has 0 saturated heterocycles. The number of ketones is 1. The van der Waals surface area contributed by atoms with Crippen LogP contribution >= 0.6 is 11.6 Å². The minimum absolute atomic E-state index is 0.103. The zero-order chi connectivity index (χ0) is 17.5. The molecule has 0 radical (unpaired) electrons. The lowest BCUT2D eigenvalue weighted by Gasteiger charge is -2.12. The highest BCUT2D eigenvalue weighted by atomic mass is 35.5. The van der Waals surface area contributed by atoms with Crippen molar-refractivity contribution in [1.82, 2.24) is 0 Å². The Morgan fingerprint density at radius 3 is 2.32 bits per heavy atom. The Balaban J connectivity index is 1.68. The zero-order valence-corrected chi connectivity index (χ0v) is 14.4. The summed E-state index contributed by atoms with van der Waals surface area (Å²) in [6, 6.07) is 24.1. The van der Waals surface area contributed by atoms with E-state index in [9.17, 15) is 4.79 Å². The molecule has 3 aromatic carbocycles. The summed E-state index contributed by atoms with van der Waals surface area (Å²) >= 11 is 6.07. The normalized spacial score (nSPS) is 10.3. The molecule has 0 spiro atoms. The van der Waals surface area contributed by atoms with E-state index in [0.29, 0.717) is 35.1 Å². The van der Waals surface area contributed by atoms with Crippen LogP contribution in [0, 0.1) is 0 Å². The fraction of sp³-hybridized carbons (Fsp3) is 0.0952. The average molecular weight is 352 g/mol. The summed E-state index contributed by atoms with van der Waals surface area (Å²) in [6.07, 6.45) is 0. The molecule has 25 heavy (non-hydrogen) atoms. The highest BCUT2D eigenvalue weighted by molar-refractivity contribution is 6.31. The van der Waals surface area contributed by atoms with Gasteiger partial charge in [0.25, 0.3) is 0 Å². The van der Waals surface area contributed by atoms with Gasteiger partial charge >= 0.3 is 0 Å². The summed E-state index contributed by atoms with van der Waals surface area (Å²) in [5.74, 6) is 0.433. The van der Waals surface area contributed by atoms with E-state index in [1.54, 1.807) is 30.3 Å². The summed E-state index contributed by atoms with van der Waals surface area (Å²) in [7, 11) is 0. The summed E-state index contributed by atoms with van der Waals surface area (Å²) in [4.78, 5) is 12.7. The Bertz CT molecular complexity index is 835. The Kier molecular flexibility index (Phi) is 5.70. The van der Waals surface area contributed by atoms with Crippen molar-refractivity contribution in [3.63, 3.8) is 0 Å². The highest BCUT2D eigenvalue weighted by Crippen LogP contribution is 2.25. The molecule has 0 aromatic heterocycles. The van der Waals surface area contributed by atoms with Crippen LogP contribution in [0.25, 0.3) is 0 Å². The second-order valence-electron chi connectivity index (χ2n) is 5.48. The Morgan fingerprint density at radius 2 is 1.60 bits per heavy atom. The first kappa shape index (κ1) is 17.1. The maximum Gasteiger partial charge on any atom is 0.196 e. The number of carbonyl (C=O) groups is 1. The lowest BCUT2D eigenvalue weighted by atomic mass is 10.0. The molecular formula is C21H18ClNO2. The van der Waals surface area contributed by atoms with Crippen LogP contribution < -0.4 is 10.1 Å². The third-order valence-electron chi connectivity index (χ3n) is 3.68. The molecule has 126 valence electrons. The van der Waals surface area contributed by atoms with Gasteiger partial charge in [0.15, 0.2) is 5.78 Å². The SMILES string of the molecule is O=C(c1ccccc1)c1cc(Cl)ccc1OCCNc1ccccc1. The molecule has 0 atom stereocenters. The number of para-hydroxylation sites is 1. The summed E-state index contributed by atoms with van der Waals surface area (Å²) < 4.78 is 5.81. The van der Waals surface area contributed by atoms with E-state index in [4.69, 9.17) is 16.3 Å². The molecule has 3 aromatic rings. The predicted octanol–water partition coefficient (Wildman–Crippen LogP) is 5.06. The van der Waals surface area contributed by atoms with Crippen LogP contribution in [-0.2, 0) is 0 Å². The van der Waals surface area contributed by atoms with Crippen LogP contribution in [0.15, 0.2) is 78.9 Å². The third kappa shape index (κ3) is 4.61. The maximum atomic E-state index is 12.7. The Hall–Kier alpha value is -2.78. The predicted molar refractivity (Wildman–Crippen MR) is 102 cm³/mol. The average Bonchev–Trinajstić information content (AvgIpc) is 2.67. The lowest BCUT2D eigenvalue weighted by molar-refractivity contribution is 0.103. The zero-order valence-electron chi connectivity index (χ0n) is 13.6. The Labute approximate surface area is 152 Å². The quantitative estimate of drug-likeness (QED) is 0.477. The molecule has 0 saturated carbocycles. The van der Waals surface area contributed by atoms with Gasteiger partial charge in [0.2, 0.25) is 0 Å². The molecule has 0 amide bonds. The van der Waals surface area contributed by atoms with Gasteiger partial charge in [0.05, 0.1) is 5.56 Å². The van der Waals surface area contributed by atoms with Gasteiger partial charge in [-0.25, -0.2) is 0 Å². The first-order valence-electron chi connectivity index (χ1n) is 8.05. The monoisotopic (exact) mass is 351 g/mol. The maximum absolute atomic E-state index is 12.7. The molecule has 4 heteroatoms. The van der Waals surface area contributed by atoms with Crippen molar-refractivity contribution in [2.24, 2.45) is 0 Å². The van der Waals surface area contributed by atoms with Gasteiger partial charge in [-0.15, -0.1) is 0 Å². The third-order valence-corrected chi connectivity index (χ3v) is 3.92.